The zero-order valence-corrected chi connectivity index (χ0v) is 13.0. The van der Waals surface area contributed by atoms with Gasteiger partial charge in [-0.2, -0.15) is 13.2 Å². The third-order valence-electron chi connectivity index (χ3n) is 2.55. The van der Waals surface area contributed by atoms with Gasteiger partial charge in [0, 0.05) is 23.2 Å². The Morgan fingerprint density at radius 3 is 2.43 bits per heavy atom. The number of rotatable bonds is 6. The van der Waals surface area contributed by atoms with Gasteiger partial charge in [-0.15, -0.1) is 0 Å². The molecule has 1 aromatic carbocycles. The van der Waals surface area contributed by atoms with Crippen LogP contribution in [0.5, 0.6) is 5.75 Å². The number of hydrogen-bond acceptors (Lipinski definition) is 3. The second kappa shape index (κ2) is 7.54. The predicted octanol–water partition coefficient (Wildman–Crippen LogP) is 3.79. The lowest BCUT2D eigenvalue weighted by Gasteiger charge is -2.19. The van der Waals surface area contributed by atoms with Crippen LogP contribution in [0.1, 0.15) is 19.4 Å². The van der Waals surface area contributed by atoms with Crippen molar-refractivity contribution in [3.63, 3.8) is 0 Å². The molecule has 0 aliphatic rings. The second-order valence-electron chi connectivity index (χ2n) is 4.78. The highest BCUT2D eigenvalue weighted by Crippen LogP contribution is 2.33. The molecule has 0 bridgehead atoms. The van der Waals surface area contributed by atoms with E-state index in [1.807, 2.05) is 13.8 Å². The monoisotopic (exact) mass is 345 g/mol. The standard InChI is InChI=1S/C13H16Cl2F3NO2/c1-7(2)19-5-8-3-9(14)4-10(15)12(8)21-6-11(20)13(16,17)18/h3-4,7,11,19-20H,5-6H2,1-2H3. The summed E-state index contributed by atoms with van der Waals surface area (Å²) < 4.78 is 41.9. The first kappa shape index (κ1) is 18.4. The number of benzene rings is 1. The van der Waals surface area contributed by atoms with E-state index in [2.05, 4.69) is 5.32 Å². The van der Waals surface area contributed by atoms with Crippen molar-refractivity contribution in [2.75, 3.05) is 6.61 Å². The van der Waals surface area contributed by atoms with Gasteiger partial charge in [-0.05, 0) is 12.1 Å². The van der Waals surface area contributed by atoms with E-state index in [0.29, 0.717) is 17.1 Å². The molecule has 0 aromatic heterocycles. The topological polar surface area (TPSA) is 41.5 Å². The maximum atomic E-state index is 12.3. The Morgan fingerprint density at radius 1 is 1.29 bits per heavy atom. The Bertz CT molecular complexity index is 481. The van der Waals surface area contributed by atoms with E-state index in [0.717, 1.165) is 0 Å². The highest BCUT2D eigenvalue weighted by molar-refractivity contribution is 6.35. The Hall–Kier alpha value is -0.690. The lowest BCUT2D eigenvalue weighted by molar-refractivity contribution is -0.210. The normalized spacial score (nSPS) is 13.6. The highest BCUT2D eigenvalue weighted by Gasteiger charge is 2.39. The Labute approximate surface area is 131 Å². The van der Waals surface area contributed by atoms with Crippen LogP contribution in [0.2, 0.25) is 10.0 Å². The van der Waals surface area contributed by atoms with Crippen molar-refractivity contribution in [2.24, 2.45) is 0 Å². The van der Waals surface area contributed by atoms with Gasteiger partial charge in [-0.1, -0.05) is 37.0 Å². The van der Waals surface area contributed by atoms with Gasteiger partial charge in [0.25, 0.3) is 0 Å². The van der Waals surface area contributed by atoms with Gasteiger partial charge in [0.2, 0.25) is 0 Å². The molecule has 120 valence electrons. The third kappa shape index (κ3) is 5.90. The van der Waals surface area contributed by atoms with E-state index < -0.39 is 18.9 Å². The molecule has 1 unspecified atom stereocenters. The van der Waals surface area contributed by atoms with Gasteiger partial charge in [0.1, 0.15) is 12.4 Å². The first-order valence-electron chi connectivity index (χ1n) is 6.20. The number of nitrogens with one attached hydrogen (secondary N) is 1. The number of ether oxygens (including phenoxy) is 1. The molecule has 0 heterocycles. The van der Waals surface area contributed by atoms with Crippen molar-refractivity contribution in [1.29, 1.82) is 0 Å². The molecule has 1 aromatic rings. The van der Waals surface area contributed by atoms with Gasteiger partial charge in [0.15, 0.2) is 6.10 Å². The molecular formula is C13H16Cl2F3NO2. The van der Waals surface area contributed by atoms with E-state index in [-0.39, 0.29) is 16.8 Å². The number of halogens is 5. The SMILES string of the molecule is CC(C)NCc1cc(Cl)cc(Cl)c1OCC(O)C(F)(F)F. The Kier molecular flexibility index (Phi) is 6.59. The lowest BCUT2D eigenvalue weighted by Crippen LogP contribution is -2.34. The number of alkyl halides is 3. The molecular weight excluding hydrogens is 330 g/mol. The van der Waals surface area contributed by atoms with E-state index in [1.54, 1.807) is 6.07 Å². The van der Waals surface area contributed by atoms with Gasteiger partial charge in [-0.25, -0.2) is 0 Å². The average Bonchev–Trinajstić information content (AvgIpc) is 2.33. The van der Waals surface area contributed by atoms with Crippen molar-refractivity contribution < 1.29 is 23.0 Å². The molecule has 0 saturated carbocycles. The van der Waals surface area contributed by atoms with Crippen molar-refractivity contribution >= 4 is 23.2 Å². The predicted molar refractivity (Wildman–Crippen MR) is 76.0 cm³/mol. The largest absolute Gasteiger partial charge is 0.489 e. The fourth-order valence-corrected chi connectivity index (χ4v) is 2.07. The zero-order chi connectivity index (χ0) is 16.2. The van der Waals surface area contributed by atoms with Gasteiger partial charge in [0.05, 0.1) is 5.02 Å². The molecule has 0 fully saturated rings. The summed E-state index contributed by atoms with van der Waals surface area (Å²) in [5.74, 6) is 0.0810. The van der Waals surface area contributed by atoms with Gasteiger partial charge >= 0.3 is 6.18 Å². The molecule has 0 aliphatic carbocycles. The summed E-state index contributed by atoms with van der Waals surface area (Å²) in [7, 11) is 0. The molecule has 3 nitrogen and oxygen atoms in total. The van der Waals surface area contributed by atoms with Crippen molar-refractivity contribution in [1.82, 2.24) is 5.32 Å². The summed E-state index contributed by atoms with van der Waals surface area (Å²) in [5, 5.41) is 12.5. The van der Waals surface area contributed by atoms with Crippen LogP contribution in [0.15, 0.2) is 12.1 Å². The van der Waals surface area contributed by atoms with E-state index in [4.69, 9.17) is 33.0 Å². The van der Waals surface area contributed by atoms with Crippen LogP contribution in [0, 0.1) is 0 Å². The first-order valence-corrected chi connectivity index (χ1v) is 6.95. The maximum absolute atomic E-state index is 12.3. The minimum Gasteiger partial charge on any atom is -0.489 e. The summed E-state index contributed by atoms with van der Waals surface area (Å²) in [5.41, 5.74) is 0.524. The van der Waals surface area contributed by atoms with E-state index >= 15 is 0 Å². The second-order valence-corrected chi connectivity index (χ2v) is 5.62. The molecule has 0 saturated heterocycles. The third-order valence-corrected chi connectivity index (χ3v) is 3.05. The minimum atomic E-state index is -4.74. The minimum absolute atomic E-state index is 0.0810. The molecule has 1 rings (SSSR count). The van der Waals surface area contributed by atoms with Crippen LogP contribution in [-0.4, -0.2) is 30.0 Å². The van der Waals surface area contributed by atoms with Crippen LogP contribution >= 0.6 is 23.2 Å². The molecule has 8 heteroatoms. The molecule has 2 N–H and O–H groups in total. The fourth-order valence-electron chi connectivity index (χ4n) is 1.48. The van der Waals surface area contributed by atoms with Crippen LogP contribution in [0.25, 0.3) is 0 Å². The average molecular weight is 346 g/mol. The summed E-state index contributed by atoms with van der Waals surface area (Å²) in [6, 6.07) is 3.09. The lowest BCUT2D eigenvalue weighted by atomic mass is 10.2. The number of aliphatic hydroxyl groups excluding tert-OH is 1. The zero-order valence-electron chi connectivity index (χ0n) is 11.5. The molecule has 21 heavy (non-hydrogen) atoms. The quantitative estimate of drug-likeness (QED) is 0.824. The summed E-state index contributed by atoms with van der Waals surface area (Å²) >= 11 is 11.8. The van der Waals surface area contributed by atoms with E-state index in [1.165, 1.54) is 6.07 Å². The van der Waals surface area contributed by atoms with Crippen LogP contribution in [0.4, 0.5) is 13.2 Å². The van der Waals surface area contributed by atoms with E-state index in [9.17, 15) is 13.2 Å². The number of aliphatic hydroxyl groups is 1. The number of hydrogen-bond donors (Lipinski definition) is 2. The first-order chi connectivity index (χ1) is 9.61. The smallest absolute Gasteiger partial charge is 0.417 e. The molecule has 1 atom stereocenters. The van der Waals surface area contributed by atoms with Gasteiger partial charge < -0.3 is 15.2 Å². The maximum Gasteiger partial charge on any atom is 0.417 e. The summed E-state index contributed by atoms with van der Waals surface area (Å²) in [6.45, 7) is 3.23. The molecule has 0 spiro atoms. The van der Waals surface area contributed by atoms with Crippen LogP contribution in [-0.2, 0) is 6.54 Å². The van der Waals surface area contributed by atoms with Crippen molar-refractivity contribution in [2.45, 2.75) is 38.7 Å². The van der Waals surface area contributed by atoms with Gasteiger partial charge in [-0.3, -0.25) is 0 Å². The van der Waals surface area contributed by atoms with Crippen LogP contribution in [0.3, 0.4) is 0 Å². The van der Waals surface area contributed by atoms with Crippen molar-refractivity contribution in [3.05, 3.63) is 27.7 Å². The Morgan fingerprint density at radius 2 is 1.90 bits per heavy atom. The molecule has 0 radical (unpaired) electrons. The highest BCUT2D eigenvalue weighted by atomic mass is 35.5. The van der Waals surface area contributed by atoms with Crippen LogP contribution < -0.4 is 10.1 Å². The van der Waals surface area contributed by atoms with Crippen molar-refractivity contribution in [3.8, 4) is 5.75 Å². The summed E-state index contributed by atoms with van der Waals surface area (Å²) in [6.07, 6.45) is -7.31. The Balaban J connectivity index is 2.89. The summed E-state index contributed by atoms with van der Waals surface area (Å²) in [4.78, 5) is 0. The molecule has 0 amide bonds. The fraction of sp³-hybridized carbons (Fsp3) is 0.538. The molecule has 0 aliphatic heterocycles.